The van der Waals surface area contributed by atoms with Crippen LogP contribution in [0.3, 0.4) is 0 Å². The molecule has 1 aliphatic heterocycles. The summed E-state index contributed by atoms with van der Waals surface area (Å²) >= 11 is 0. The average Bonchev–Trinajstić information content (AvgIpc) is 3.16. The van der Waals surface area contributed by atoms with Gasteiger partial charge in [0, 0.05) is 30.6 Å². The number of furan rings is 1. The number of carbonyl (C=O) groups is 2. The molecule has 2 aromatic rings. The van der Waals surface area contributed by atoms with Crippen molar-refractivity contribution in [1.29, 1.82) is 0 Å². The minimum Gasteiger partial charge on any atom is -0.481 e. The Morgan fingerprint density at radius 1 is 1.26 bits per heavy atom. The predicted octanol–water partition coefficient (Wildman–Crippen LogP) is 2.83. The number of carboxylic acid groups (broad SMARTS) is 1. The van der Waals surface area contributed by atoms with Crippen molar-refractivity contribution in [2.24, 2.45) is 11.8 Å². The standard InChI is InChI=1S/C18H19F3N2O4/c1-22(2)7-11-10-5-3-4-6-14(10)27-15(11)16(24)23-8-12(17(25)26)13(9-23)18(19,20)21/h3-6,12-13H,7-9H2,1-2H3,(H,25,26)/t12-,13-/m1/s1. The van der Waals surface area contributed by atoms with Gasteiger partial charge in [-0.25, -0.2) is 0 Å². The van der Waals surface area contributed by atoms with Crippen LogP contribution in [-0.4, -0.2) is 60.1 Å². The third kappa shape index (κ3) is 3.64. The fourth-order valence-electron chi connectivity index (χ4n) is 3.44. The van der Waals surface area contributed by atoms with Crippen LogP contribution in [0.5, 0.6) is 0 Å². The van der Waals surface area contributed by atoms with E-state index in [1.165, 1.54) is 0 Å². The monoisotopic (exact) mass is 384 g/mol. The lowest BCUT2D eigenvalue weighted by molar-refractivity contribution is -0.187. The first-order valence-electron chi connectivity index (χ1n) is 8.33. The lowest BCUT2D eigenvalue weighted by Crippen LogP contribution is -2.34. The number of amides is 1. The summed E-state index contributed by atoms with van der Waals surface area (Å²) in [4.78, 5) is 26.9. The number of carboxylic acids is 1. The van der Waals surface area contributed by atoms with E-state index in [1.54, 1.807) is 38.4 Å². The van der Waals surface area contributed by atoms with Crippen molar-refractivity contribution in [3.8, 4) is 0 Å². The molecular formula is C18H19F3N2O4. The maximum absolute atomic E-state index is 13.2. The molecule has 1 fully saturated rings. The van der Waals surface area contributed by atoms with Crippen molar-refractivity contribution >= 4 is 22.8 Å². The number of carbonyl (C=O) groups excluding carboxylic acids is 1. The zero-order valence-electron chi connectivity index (χ0n) is 14.8. The van der Waals surface area contributed by atoms with Gasteiger partial charge < -0.3 is 19.3 Å². The van der Waals surface area contributed by atoms with Crippen LogP contribution in [0, 0.1) is 11.8 Å². The summed E-state index contributed by atoms with van der Waals surface area (Å²) in [7, 11) is 3.60. The molecule has 0 unspecified atom stereocenters. The Morgan fingerprint density at radius 3 is 2.48 bits per heavy atom. The number of rotatable bonds is 4. The number of para-hydroxylation sites is 1. The van der Waals surface area contributed by atoms with Crippen molar-refractivity contribution in [2.45, 2.75) is 12.7 Å². The van der Waals surface area contributed by atoms with Gasteiger partial charge in [0.05, 0.1) is 11.8 Å². The van der Waals surface area contributed by atoms with Crippen molar-refractivity contribution in [1.82, 2.24) is 9.80 Å². The summed E-state index contributed by atoms with van der Waals surface area (Å²) in [6, 6.07) is 6.96. The highest BCUT2D eigenvalue weighted by atomic mass is 19.4. The van der Waals surface area contributed by atoms with Crippen LogP contribution in [0.1, 0.15) is 16.1 Å². The summed E-state index contributed by atoms with van der Waals surface area (Å²) in [5.41, 5.74) is 1.03. The third-order valence-electron chi connectivity index (χ3n) is 4.71. The maximum atomic E-state index is 13.2. The largest absolute Gasteiger partial charge is 0.481 e. The molecule has 1 aromatic heterocycles. The summed E-state index contributed by atoms with van der Waals surface area (Å²) in [6.07, 6.45) is -4.70. The van der Waals surface area contributed by atoms with Gasteiger partial charge in [0.25, 0.3) is 5.91 Å². The highest BCUT2D eigenvalue weighted by Crippen LogP contribution is 2.39. The Morgan fingerprint density at radius 2 is 1.93 bits per heavy atom. The quantitative estimate of drug-likeness (QED) is 0.878. The molecular weight excluding hydrogens is 365 g/mol. The normalized spacial score (nSPS) is 20.6. The van der Waals surface area contributed by atoms with E-state index in [2.05, 4.69) is 0 Å². The smallest absolute Gasteiger partial charge is 0.394 e. The second-order valence-electron chi connectivity index (χ2n) is 6.95. The number of likely N-dealkylation sites (tertiary alicyclic amines) is 1. The Hall–Kier alpha value is -2.55. The lowest BCUT2D eigenvalue weighted by Gasteiger charge is -2.18. The number of hydrogen-bond donors (Lipinski definition) is 1. The highest BCUT2D eigenvalue weighted by Gasteiger charge is 2.54. The molecule has 0 spiro atoms. The van der Waals surface area contributed by atoms with E-state index in [0.717, 1.165) is 4.90 Å². The van der Waals surface area contributed by atoms with Gasteiger partial charge in [-0.15, -0.1) is 0 Å². The number of alkyl halides is 3. The molecule has 1 amide bonds. The molecule has 0 saturated carbocycles. The molecule has 1 saturated heterocycles. The first kappa shape index (κ1) is 19.2. The molecule has 0 bridgehead atoms. The Labute approximate surface area is 153 Å². The molecule has 6 nitrogen and oxygen atoms in total. The number of fused-ring (bicyclic) bond motifs is 1. The zero-order chi connectivity index (χ0) is 19.9. The topological polar surface area (TPSA) is 74.0 Å². The highest BCUT2D eigenvalue weighted by molar-refractivity contribution is 5.99. The second-order valence-corrected chi connectivity index (χ2v) is 6.95. The van der Waals surface area contributed by atoms with E-state index in [1.807, 2.05) is 4.90 Å². The molecule has 1 aromatic carbocycles. The summed E-state index contributed by atoms with van der Waals surface area (Å²) < 4.78 is 45.2. The summed E-state index contributed by atoms with van der Waals surface area (Å²) in [5, 5.41) is 9.84. The minimum atomic E-state index is -4.70. The van der Waals surface area contributed by atoms with Gasteiger partial charge in [-0.2, -0.15) is 13.2 Å². The van der Waals surface area contributed by atoms with Crippen LogP contribution in [-0.2, 0) is 11.3 Å². The van der Waals surface area contributed by atoms with Gasteiger partial charge in [-0.1, -0.05) is 18.2 Å². The second kappa shape index (κ2) is 6.88. The number of benzene rings is 1. The lowest BCUT2D eigenvalue weighted by atomic mass is 9.96. The van der Waals surface area contributed by atoms with Crippen LogP contribution in [0.4, 0.5) is 13.2 Å². The first-order valence-corrected chi connectivity index (χ1v) is 8.33. The van der Waals surface area contributed by atoms with Gasteiger partial charge in [-0.05, 0) is 20.2 Å². The summed E-state index contributed by atoms with van der Waals surface area (Å²) in [5.74, 6) is -6.11. The van der Waals surface area contributed by atoms with Crippen molar-refractivity contribution in [3.05, 3.63) is 35.6 Å². The van der Waals surface area contributed by atoms with Gasteiger partial charge in [0.2, 0.25) is 0 Å². The van der Waals surface area contributed by atoms with Gasteiger partial charge in [-0.3, -0.25) is 9.59 Å². The van der Waals surface area contributed by atoms with E-state index in [4.69, 9.17) is 9.52 Å². The van der Waals surface area contributed by atoms with Crippen LogP contribution in [0.25, 0.3) is 11.0 Å². The minimum absolute atomic E-state index is 0.0446. The number of aliphatic carboxylic acids is 1. The fourth-order valence-corrected chi connectivity index (χ4v) is 3.44. The number of hydrogen-bond acceptors (Lipinski definition) is 4. The molecule has 1 N–H and O–H groups in total. The van der Waals surface area contributed by atoms with Crippen molar-refractivity contribution < 1.29 is 32.3 Å². The average molecular weight is 384 g/mol. The van der Waals surface area contributed by atoms with E-state index >= 15 is 0 Å². The van der Waals surface area contributed by atoms with E-state index in [9.17, 15) is 22.8 Å². The molecule has 2 atom stereocenters. The van der Waals surface area contributed by atoms with Crippen LogP contribution < -0.4 is 0 Å². The van der Waals surface area contributed by atoms with Gasteiger partial charge in [0.1, 0.15) is 5.58 Å². The van der Waals surface area contributed by atoms with E-state index < -0.39 is 43.0 Å². The third-order valence-corrected chi connectivity index (χ3v) is 4.71. The number of halogens is 3. The molecule has 9 heteroatoms. The Bertz CT molecular complexity index is 875. The molecule has 27 heavy (non-hydrogen) atoms. The Kier molecular flexibility index (Phi) is 4.90. The molecule has 2 heterocycles. The predicted molar refractivity (Wildman–Crippen MR) is 90.2 cm³/mol. The maximum Gasteiger partial charge on any atom is 0.394 e. The molecule has 1 aliphatic rings. The van der Waals surface area contributed by atoms with Crippen molar-refractivity contribution in [3.63, 3.8) is 0 Å². The van der Waals surface area contributed by atoms with Crippen LogP contribution in [0.15, 0.2) is 28.7 Å². The van der Waals surface area contributed by atoms with Crippen molar-refractivity contribution in [2.75, 3.05) is 27.2 Å². The SMILES string of the molecule is CN(C)Cc1c(C(=O)N2C[C@@H](C(F)(F)F)[C@H](C(=O)O)C2)oc2ccccc12. The van der Waals surface area contributed by atoms with Crippen LogP contribution >= 0.6 is 0 Å². The van der Waals surface area contributed by atoms with Gasteiger partial charge in [0.15, 0.2) is 5.76 Å². The van der Waals surface area contributed by atoms with Crippen LogP contribution in [0.2, 0.25) is 0 Å². The molecule has 3 rings (SSSR count). The summed E-state index contributed by atoms with van der Waals surface area (Å²) in [6.45, 7) is -0.842. The van der Waals surface area contributed by atoms with E-state index in [0.29, 0.717) is 23.1 Å². The Balaban J connectivity index is 1.97. The first-order chi connectivity index (χ1) is 12.6. The zero-order valence-corrected chi connectivity index (χ0v) is 14.8. The molecule has 0 radical (unpaired) electrons. The van der Waals surface area contributed by atoms with Gasteiger partial charge >= 0.3 is 12.1 Å². The van der Waals surface area contributed by atoms with E-state index in [-0.39, 0.29) is 5.76 Å². The number of nitrogens with zero attached hydrogens (tertiary/aromatic N) is 2. The fraction of sp³-hybridized carbons (Fsp3) is 0.444. The molecule has 0 aliphatic carbocycles. The molecule has 146 valence electrons.